The van der Waals surface area contributed by atoms with Crippen molar-refractivity contribution in [3.63, 3.8) is 0 Å². The summed E-state index contributed by atoms with van der Waals surface area (Å²) in [5.41, 5.74) is 0.314. The fourth-order valence-electron chi connectivity index (χ4n) is 7.53. The number of rotatable bonds is 12. The van der Waals surface area contributed by atoms with Crippen LogP contribution in [0.15, 0.2) is 24.3 Å². The summed E-state index contributed by atoms with van der Waals surface area (Å²) < 4.78 is 53.0. The second-order valence-corrected chi connectivity index (χ2v) is 19.3. The zero-order valence-corrected chi connectivity index (χ0v) is 32.3. The molecule has 3 aliphatic rings. The highest BCUT2D eigenvalue weighted by atomic mass is 32.2. The van der Waals surface area contributed by atoms with Gasteiger partial charge < -0.3 is 26.2 Å². The second kappa shape index (κ2) is 14.6. The first-order chi connectivity index (χ1) is 23.3. The lowest BCUT2D eigenvalue weighted by Gasteiger charge is -2.39. The van der Waals surface area contributed by atoms with Crippen LogP contribution in [0.1, 0.15) is 85.4 Å². The lowest BCUT2D eigenvalue weighted by molar-refractivity contribution is -0.144. The van der Waals surface area contributed by atoms with Crippen LogP contribution in [0.2, 0.25) is 0 Å². The number of alkyl halides is 2. The fourth-order valence-corrected chi connectivity index (χ4v) is 7.95. The maximum Gasteiger partial charge on any atom is 0.315 e. The number of hydrogen-bond acceptors (Lipinski definition) is 6. The molecule has 5 amide bonds. The van der Waals surface area contributed by atoms with E-state index in [4.69, 9.17) is 0 Å². The molecule has 4 N–H and O–H groups in total. The van der Waals surface area contributed by atoms with Gasteiger partial charge in [0.2, 0.25) is 34.2 Å². The number of likely N-dealkylation sites (tertiary alicyclic amines) is 1. The van der Waals surface area contributed by atoms with Crippen molar-refractivity contribution in [2.75, 3.05) is 26.4 Å². The van der Waals surface area contributed by atoms with Crippen LogP contribution in [0.4, 0.5) is 13.6 Å². The van der Waals surface area contributed by atoms with Gasteiger partial charge in [-0.1, -0.05) is 79.7 Å². The number of carbonyl (C=O) groups excluding carboxylic acids is 4. The van der Waals surface area contributed by atoms with Gasteiger partial charge in [-0.05, 0) is 52.0 Å². The molecular weight excluding hydrogens is 682 g/mol. The number of amides is 5. The van der Waals surface area contributed by atoms with Crippen LogP contribution in [0.5, 0.6) is 0 Å². The Hall–Kier alpha value is -3.33. The summed E-state index contributed by atoms with van der Waals surface area (Å²) in [5, 5.41) is 11.1. The quantitative estimate of drug-likeness (QED) is 0.258. The lowest BCUT2D eigenvalue weighted by Crippen LogP contribution is -2.62. The number of halogens is 2. The van der Waals surface area contributed by atoms with E-state index >= 15 is 0 Å². The van der Waals surface area contributed by atoms with Gasteiger partial charge in [-0.2, -0.15) is 0 Å². The van der Waals surface area contributed by atoms with Crippen molar-refractivity contribution in [2.24, 2.45) is 28.1 Å². The first kappa shape index (κ1) is 40.4. The van der Waals surface area contributed by atoms with Crippen molar-refractivity contribution in [3.05, 3.63) is 35.4 Å². The SMILES string of the molecule is CN(C[C@@H](NC(=O)N[C@H](C(=O)N1C[C@H]2[C@@H]([C@H]1C(=O)N[C@@H](CC(F)F)C(=O)NC1CCc3ccccc31)C2(C)C)C(C)(C)C)C(C)(C)C)S(C)(=O)=O. The van der Waals surface area contributed by atoms with Gasteiger partial charge in [-0.25, -0.2) is 26.3 Å². The third kappa shape index (κ3) is 9.19. The Morgan fingerprint density at radius 2 is 1.63 bits per heavy atom. The number of aryl methyl sites for hydroxylation is 1. The zero-order valence-electron chi connectivity index (χ0n) is 31.5. The number of likely N-dealkylation sites (N-methyl/N-ethyl adjacent to an activating group) is 1. The zero-order chi connectivity index (χ0) is 38.4. The Morgan fingerprint density at radius 3 is 2.20 bits per heavy atom. The highest BCUT2D eigenvalue weighted by Crippen LogP contribution is 2.65. The van der Waals surface area contributed by atoms with Crippen molar-refractivity contribution in [1.82, 2.24) is 30.5 Å². The molecule has 15 heteroatoms. The van der Waals surface area contributed by atoms with E-state index in [1.54, 1.807) is 20.8 Å². The van der Waals surface area contributed by atoms with E-state index < -0.39 is 81.6 Å². The van der Waals surface area contributed by atoms with Crippen molar-refractivity contribution in [1.29, 1.82) is 0 Å². The smallest absolute Gasteiger partial charge is 0.315 e. The molecule has 1 aromatic carbocycles. The molecule has 12 nitrogen and oxygen atoms in total. The third-order valence-corrected chi connectivity index (χ3v) is 12.3. The summed E-state index contributed by atoms with van der Waals surface area (Å²) in [5.74, 6) is -2.24. The average molecular weight is 739 g/mol. The number of hydrogen-bond donors (Lipinski definition) is 4. The van der Waals surface area contributed by atoms with E-state index in [9.17, 15) is 36.4 Å². The molecule has 1 aromatic rings. The summed E-state index contributed by atoms with van der Waals surface area (Å²) >= 11 is 0. The normalized spacial score (nSPS) is 24.3. The molecular formula is C36H56F2N6O6S. The Labute approximate surface area is 301 Å². The minimum atomic E-state index is -3.53. The summed E-state index contributed by atoms with van der Waals surface area (Å²) in [6, 6.07) is 2.26. The van der Waals surface area contributed by atoms with Crippen molar-refractivity contribution < 1.29 is 36.4 Å². The van der Waals surface area contributed by atoms with E-state index in [1.807, 2.05) is 58.9 Å². The topological polar surface area (TPSA) is 157 Å². The Morgan fingerprint density at radius 1 is 1.00 bits per heavy atom. The molecule has 1 aliphatic heterocycles. The molecule has 1 saturated carbocycles. The second-order valence-electron chi connectivity index (χ2n) is 17.3. The number of piperidine rings is 1. The molecule has 1 heterocycles. The minimum absolute atomic E-state index is 0.00266. The Balaban J connectivity index is 1.53. The van der Waals surface area contributed by atoms with E-state index in [-0.39, 0.29) is 36.4 Å². The van der Waals surface area contributed by atoms with Crippen molar-refractivity contribution in [2.45, 2.75) is 111 Å². The van der Waals surface area contributed by atoms with Gasteiger partial charge in [0.05, 0.1) is 12.3 Å². The predicted octanol–water partition coefficient (Wildman–Crippen LogP) is 3.43. The maximum absolute atomic E-state index is 14.4. The molecule has 0 spiro atoms. The highest BCUT2D eigenvalue weighted by Gasteiger charge is 2.70. The molecule has 1 unspecified atom stereocenters. The number of fused-ring (bicyclic) bond motifs is 2. The van der Waals surface area contributed by atoms with Crippen LogP contribution in [-0.2, 0) is 30.8 Å². The average Bonchev–Trinajstić information content (AvgIpc) is 3.33. The summed E-state index contributed by atoms with van der Waals surface area (Å²) in [7, 11) is -2.11. The minimum Gasteiger partial charge on any atom is -0.347 e. The monoisotopic (exact) mass is 738 g/mol. The number of benzene rings is 1. The molecule has 1 saturated heterocycles. The molecule has 2 fully saturated rings. The van der Waals surface area contributed by atoms with Crippen LogP contribution < -0.4 is 21.3 Å². The fraction of sp³-hybridized carbons (Fsp3) is 0.722. The molecule has 2 aliphatic carbocycles. The van der Waals surface area contributed by atoms with Gasteiger partial charge in [0, 0.05) is 32.6 Å². The molecule has 4 rings (SSSR count). The molecule has 7 atom stereocenters. The number of nitrogens with one attached hydrogen (secondary N) is 4. The number of nitrogens with zero attached hydrogens (tertiary/aromatic N) is 2. The summed E-state index contributed by atoms with van der Waals surface area (Å²) in [4.78, 5) is 56.8. The van der Waals surface area contributed by atoms with E-state index in [0.717, 1.165) is 28.1 Å². The van der Waals surface area contributed by atoms with Gasteiger partial charge in [-0.3, -0.25) is 14.4 Å². The third-order valence-electron chi connectivity index (χ3n) is 11.0. The van der Waals surface area contributed by atoms with Gasteiger partial charge in [-0.15, -0.1) is 0 Å². The number of sulfonamides is 1. The Kier molecular flexibility index (Phi) is 11.6. The van der Waals surface area contributed by atoms with Gasteiger partial charge >= 0.3 is 6.03 Å². The van der Waals surface area contributed by atoms with Crippen LogP contribution in [-0.4, -0.2) is 98.4 Å². The van der Waals surface area contributed by atoms with Crippen LogP contribution in [0.25, 0.3) is 0 Å². The van der Waals surface area contributed by atoms with Gasteiger partial charge in [0.1, 0.15) is 18.1 Å². The maximum atomic E-state index is 14.4. The van der Waals surface area contributed by atoms with E-state index in [0.29, 0.717) is 6.42 Å². The van der Waals surface area contributed by atoms with Crippen LogP contribution in [0.3, 0.4) is 0 Å². The molecule has 0 bridgehead atoms. The van der Waals surface area contributed by atoms with E-state index in [1.165, 1.54) is 11.9 Å². The first-order valence-corrected chi connectivity index (χ1v) is 19.4. The van der Waals surface area contributed by atoms with Crippen molar-refractivity contribution >= 4 is 33.8 Å². The van der Waals surface area contributed by atoms with Gasteiger partial charge in [0.15, 0.2) is 0 Å². The number of carbonyl (C=O) groups is 4. The standard InChI is InChI=1S/C36H56F2N6O6S/c1-34(2,3)25(19-43(9)51(10,49)50)41-33(48)42-29(35(4,5)6)32(47)44-18-22-27(36(22,7)8)28(44)31(46)40-24(17-26(37)38)30(45)39-23-16-15-20-13-11-12-14-21(20)23/h11-14,22-29H,15-19H2,1-10H3,(H,39,45)(H,40,46)(H2,41,42,48)/t22-,23?,24-,25+,27-,28-,29+/m0/s1. The summed E-state index contributed by atoms with van der Waals surface area (Å²) in [6.07, 6.45) is -1.33. The largest absolute Gasteiger partial charge is 0.347 e. The van der Waals surface area contributed by atoms with E-state index in [2.05, 4.69) is 21.3 Å². The molecule has 286 valence electrons. The Bertz CT molecular complexity index is 1610. The molecule has 0 radical (unpaired) electrons. The van der Waals surface area contributed by atoms with Gasteiger partial charge in [0.25, 0.3) is 0 Å². The number of urea groups is 1. The molecule has 51 heavy (non-hydrogen) atoms. The predicted molar refractivity (Wildman–Crippen MR) is 190 cm³/mol. The molecule has 0 aromatic heterocycles. The highest BCUT2D eigenvalue weighted by molar-refractivity contribution is 7.88. The summed E-state index contributed by atoms with van der Waals surface area (Å²) in [6.45, 7) is 15.1. The van der Waals surface area contributed by atoms with Crippen molar-refractivity contribution in [3.8, 4) is 0 Å². The van der Waals surface area contributed by atoms with Crippen LogP contribution >= 0.6 is 0 Å². The first-order valence-electron chi connectivity index (χ1n) is 17.6. The van der Waals surface area contributed by atoms with Crippen LogP contribution in [0, 0.1) is 28.1 Å². The lowest BCUT2D eigenvalue weighted by atomic mass is 9.85.